The van der Waals surface area contributed by atoms with Gasteiger partial charge in [0.1, 0.15) is 5.75 Å². The predicted molar refractivity (Wildman–Crippen MR) is 115 cm³/mol. The molecule has 3 atom stereocenters. The van der Waals surface area contributed by atoms with Crippen molar-refractivity contribution in [2.75, 3.05) is 13.7 Å². The average Bonchev–Trinajstić information content (AvgIpc) is 2.73. The van der Waals surface area contributed by atoms with E-state index >= 15 is 0 Å². The van der Waals surface area contributed by atoms with E-state index in [9.17, 15) is 14.7 Å². The van der Waals surface area contributed by atoms with Gasteiger partial charge in [-0.2, -0.15) is 0 Å². The minimum Gasteiger partial charge on any atom is -0.497 e. The number of primary amides is 1. The maximum Gasteiger partial charge on any atom is 0.237 e. The number of ether oxygens (including phenoxy) is 1. The SMILES string of the molecule is COc1cccc(CNC[C@@H](O)[C@H](Cc2ccccc2)NC(=O)[C@@H](N)CC(N)=O)c1. The molecule has 0 aromatic heterocycles. The molecule has 8 nitrogen and oxygen atoms in total. The molecule has 0 aliphatic rings. The molecule has 0 heterocycles. The van der Waals surface area contributed by atoms with Gasteiger partial charge in [-0.05, 0) is 29.7 Å². The van der Waals surface area contributed by atoms with Crippen LogP contribution in [-0.2, 0) is 22.6 Å². The fourth-order valence-corrected chi connectivity index (χ4v) is 3.04. The molecule has 0 spiro atoms. The first-order valence-electron chi connectivity index (χ1n) is 9.79. The second-order valence-corrected chi connectivity index (χ2v) is 7.13. The van der Waals surface area contributed by atoms with Gasteiger partial charge in [0.2, 0.25) is 11.8 Å². The van der Waals surface area contributed by atoms with Gasteiger partial charge in [0, 0.05) is 13.1 Å². The summed E-state index contributed by atoms with van der Waals surface area (Å²) in [6.45, 7) is 0.779. The third-order valence-electron chi connectivity index (χ3n) is 4.67. The van der Waals surface area contributed by atoms with Gasteiger partial charge >= 0.3 is 0 Å². The largest absolute Gasteiger partial charge is 0.497 e. The summed E-state index contributed by atoms with van der Waals surface area (Å²) in [5, 5.41) is 16.7. The smallest absolute Gasteiger partial charge is 0.237 e. The second kappa shape index (κ2) is 11.9. The molecule has 7 N–H and O–H groups in total. The molecule has 8 heteroatoms. The van der Waals surface area contributed by atoms with E-state index in [0.29, 0.717) is 13.0 Å². The van der Waals surface area contributed by atoms with Crippen molar-refractivity contribution in [1.29, 1.82) is 0 Å². The molecule has 162 valence electrons. The Bertz CT molecular complexity index is 816. The third-order valence-corrected chi connectivity index (χ3v) is 4.67. The van der Waals surface area contributed by atoms with Crippen LogP contribution in [0.2, 0.25) is 0 Å². The van der Waals surface area contributed by atoms with Crippen LogP contribution < -0.4 is 26.8 Å². The third kappa shape index (κ3) is 7.82. The monoisotopic (exact) mass is 414 g/mol. The van der Waals surface area contributed by atoms with Crippen LogP contribution in [0.4, 0.5) is 0 Å². The quantitative estimate of drug-likeness (QED) is 0.333. The normalized spacial score (nSPS) is 13.8. The molecule has 0 aliphatic carbocycles. The average molecular weight is 415 g/mol. The van der Waals surface area contributed by atoms with Crippen LogP contribution in [0.25, 0.3) is 0 Å². The summed E-state index contributed by atoms with van der Waals surface area (Å²) in [6.07, 6.45) is -0.716. The number of rotatable bonds is 12. The lowest BCUT2D eigenvalue weighted by molar-refractivity contribution is -0.127. The van der Waals surface area contributed by atoms with Crippen molar-refractivity contribution in [2.45, 2.75) is 37.6 Å². The first-order valence-corrected chi connectivity index (χ1v) is 9.79. The van der Waals surface area contributed by atoms with Crippen LogP contribution in [0.15, 0.2) is 54.6 Å². The Morgan fingerprint density at radius 2 is 1.80 bits per heavy atom. The van der Waals surface area contributed by atoms with Crippen LogP contribution >= 0.6 is 0 Å². The number of nitrogens with two attached hydrogens (primary N) is 2. The molecular weight excluding hydrogens is 384 g/mol. The molecule has 0 fully saturated rings. The Kier molecular flexibility index (Phi) is 9.27. The minimum atomic E-state index is -1.06. The predicted octanol–water partition coefficient (Wildman–Crippen LogP) is 0.0759. The summed E-state index contributed by atoms with van der Waals surface area (Å²) < 4.78 is 5.21. The Morgan fingerprint density at radius 3 is 2.47 bits per heavy atom. The fraction of sp³-hybridized carbons (Fsp3) is 0.364. The van der Waals surface area contributed by atoms with E-state index in [1.807, 2.05) is 54.6 Å². The van der Waals surface area contributed by atoms with E-state index in [-0.39, 0.29) is 13.0 Å². The number of aliphatic hydroxyl groups excluding tert-OH is 1. The van der Waals surface area contributed by atoms with Crippen LogP contribution in [0.1, 0.15) is 17.5 Å². The zero-order chi connectivity index (χ0) is 21.9. The standard InChI is InChI=1S/C22H30N4O4/c1-30-17-9-5-8-16(10-17)13-25-14-20(27)19(11-15-6-3-2-4-7-15)26-22(29)18(23)12-21(24)28/h2-10,18-20,25,27H,11-14,23H2,1H3,(H2,24,28)(H,26,29)/t18-,19-,20+/m0/s1. The fourth-order valence-electron chi connectivity index (χ4n) is 3.04. The molecule has 2 aromatic rings. The van der Waals surface area contributed by atoms with Crippen molar-refractivity contribution in [3.05, 3.63) is 65.7 Å². The highest BCUT2D eigenvalue weighted by atomic mass is 16.5. The highest BCUT2D eigenvalue weighted by Gasteiger charge is 2.25. The van der Waals surface area contributed by atoms with Crippen molar-refractivity contribution < 1.29 is 19.4 Å². The Balaban J connectivity index is 1.98. The van der Waals surface area contributed by atoms with Gasteiger partial charge in [-0.1, -0.05) is 42.5 Å². The second-order valence-electron chi connectivity index (χ2n) is 7.13. The zero-order valence-corrected chi connectivity index (χ0v) is 17.1. The Labute approximate surface area is 176 Å². The number of benzene rings is 2. The number of hydrogen-bond acceptors (Lipinski definition) is 6. The lowest BCUT2D eigenvalue weighted by Crippen LogP contribution is -2.53. The maximum atomic E-state index is 12.4. The van der Waals surface area contributed by atoms with Crippen LogP contribution in [-0.4, -0.2) is 48.8 Å². The molecule has 0 saturated carbocycles. The van der Waals surface area contributed by atoms with Gasteiger partial charge in [0.05, 0.1) is 31.7 Å². The van der Waals surface area contributed by atoms with Gasteiger partial charge in [0.15, 0.2) is 0 Å². The number of nitrogens with one attached hydrogen (secondary N) is 2. The van der Waals surface area contributed by atoms with E-state index in [1.54, 1.807) is 7.11 Å². The van der Waals surface area contributed by atoms with Crippen molar-refractivity contribution in [1.82, 2.24) is 10.6 Å². The summed E-state index contributed by atoms with van der Waals surface area (Å²) in [4.78, 5) is 23.4. The van der Waals surface area contributed by atoms with E-state index < -0.39 is 30.0 Å². The van der Waals surface area contributed by atoms with Gasteiger partial charge in [0.25, 0.3) is 0 Å². The van der Waals surface area contributed by atoms with Crippen molar-refractivity contribution >= 4 is 11.8 Å². The molecule has 30 heavy (non-hydrogen) atoms. The Hall–Kier alpha value is -2.94. The Morgan fingerprint density at radius 1 is 1.10 bits per heavy atom. The first kappa shape index (κ1) is 23.3. The van der Waals surface area contributed by atoms with E-state index in [1.165, 1.54) is 0 Å². The molecule has 0 aliphatic heterocycles. The number of hydrogen-bond donors (Lipinski definition) is 5. The summed E-state index contributed by atoms with van der Waals surface area (Å²) in [5.74, 6) is -0.424. The lowest BCUT2D eigenvalue weighted by atomic mass is 10.00. The van der Waals surface area contributed by atoms with Crippen molar-refractivity contribution in [3.63, 3.8) is 0 Å². The van der Waals surface area contributed by atoms with Gasteiger partial charge in [-0.3, -0.25) is 9.59 Å². The number of amides is 2. The molecule has 2 aromatic carbocycles. The van der Waals surface area contributed by atoms with Crippen LogP contribution in [0.5, 0.6) is 5.75 Å². The number of aliphatic hydroxyl groups is 1. The molecule has 0 radical (unpaired) electrons. The summed E-state index contributed by atoms with van der Waals surface area (Å²) in [5.41, 5.74) is 12.8. The number of carbonyl (C=O) groups excluding carboxylic acids is 2. The maximum absolute atomic E-state index is 12.4. The van der Waals surface area contributed by atoms with Crippen molar-refractivity contribution in [2.24, 2.45) is 11.5 Å². The number of carbonyl (C=O) groups is 2. The molecule has 0 saturated heterocycles. The molecule has 2 rings (SSSR count). The summed E-state index contributed by atoms with van der Waals surface area (Å²) in [7, 11) is 1.61. The topological polar surface area (TPSA) is 140 Å². The van der Waals surface area contributed by atoms with Crippen molar-refractivity contribution in [3.8, 4) is 5.75 Å². The molecule has 0 unspecified atom stereocenters. The molecule has 0 bridgehead atoms. The van der Waals surface area contributed by atoms with E-state index in [2.05, 4.69) is 10.6 Å². The number of methoxy groups -OCH3 is 1. The van der Waals surface area contributed by atoms with Crippen LogP contribution in [0.3, 0.4) is 0 Å². The summed E-state index contributed by atoms with van der Waals surface area (Å²) in [6, 6.07) is 15.5. The van der Waals surface area contributed by atoms with E-state index in [4.69, 9.17) is 16.2 Å². The zero-order valence-electron chi connectivity index (χ0n) is 17.1. The highest BCUT2D eigenvalue weighted by molar-refractivity contribution is 5.87. The van der Waals surface area contributed by atoms with Crippen LogP contribution in [0, 0.1) is 0 Å². The van der Waals surface area contributed by atoms with Gasteiger partial charge in [-0.25, -0.2) is 0 Å². The van der Waals surface area contributed by atoms with Gasteiger partial charge in [-0.15, -0.1) is 0 Å². The van der Waals surface area contributed by atoms with E-state index in [0.717, 1.165) is 16.9 Å². The lowest BCUT2D eigenvalue weighted by Gasteiger charge is -2.26. The first-order chi connectivity index (χ1) is 14.4. The highest BCUT2D eigenvalue weighted by Crippen LogP contribution is 2.12. The molecule has 2 amide bonds. The minimum absolute atomic E-state index is 0.250. The summed E-state index contributed by atoms with van der Waals surface area (Å²) >= 11 is 0. The molecular formula is C22H30N4O4. The van der Waals surface area contributed by atoms with Gasteiger partial charge < -0.3 is 31.9 Å².